The van der Waals surface area contributed by atoms with Gasteiger partial charge in [-0.1, -0.05) is 20.3 Å². The number of likely N-dealkylation sites (N-methyl/N-ethyl adjacent to an activating group) is 1. The van der Waals surface area contributed by atoms with Crippen LogP contribution in [0.5, 0.6) is 0 Å². The fourth-order valence-corrected chi connectivity index (χ4v) is 2.29. The van der Waals surface area contributed by atoms with E-state index in [1.165, 1.54) is 5.56 Å². The zero-order valence-electron chi connectivity index (χ0n) is 13.6. The summed E-state index contributed by atoms with van der Waals surface area (Å²) in [6.07, 6.45) is 4.90. The van der Waals surface area contributed by atoms with Crippen molar-refractivity contribution in [3.63, 3.8) is 0 Å². The number of nitrogens with zero attached hydrogens (tertiary/aromatic N) is 4. The summed E-state index contributed by atoms with van der Waals surface area (Å²) in [7, 11) is 6.14. The van der Waals surface area contributed by atoms with Crippen LogP contribution in [-0.4, -0.2) is 55.6 Å². The Morgan fingerprint density at radius 2 is 1.80 bits per heavy atom. The molecule has 0 aromatic carbocycles. The van der Waals surface area contributed by atoms with Crippen LogP contribution in [0.2, 0.25) is 0 Å². The lowest BCUT2D eigenvalue weighted by Crippen LogP contribution is -2.33. The third kappa shape index (κ3) is 4.63. The van der Waals surface area contributed by atoms with Gasteiger partial charge in [0, 0.05) is 32.2 Å². The highest BCUT2D eigenvalue weighted by atomic mass is 15.2. The first-order valence-corrected chi connectivity index (χ1v) is 7.55. The first kappa shape index (κ1) is 16.7. The molecule has 0 aliphatic heterocycles. The van der Waals surface area contributed by atoms with Crippen LogP contribution in [0.4, 0.5) is 11.6 Å². The van der Waals surface area contributed by atoms with Crippen molar-refractivity contribution >= 4 is 11.6 Å². The minimum Gasteiger partial charge on any atom is -0.373 e. The lowest BCUT2D eigenvalue weighted by atomic mass is 10.1. The third-order valence-electron chi connectivity index (χ3n) is 3.27. The summed E-state index contributed by atoms with van der Waals surface area (Å²) in [4.78, 5) is 13.5. The quantitative estimate of drug-likeness (QED) is 0.751. The average molecular weight is 279 g/mol. The Hall–Kier alpha value is -1.36. The van der Waals surface area contributed by atoms with E-state index in [-0.39, 0.29) is 0 Å². The van der Waals surface area contributed by atoms with Crippen molar-refractivity contribution in [2.45, 2.75) is 33.1 Å². The summed E-state index contributed by atoms with van der Waals surface area (Å²) in [5, 5.41) is 3.19. The summed E-state index contributed by atoms with van der Waals surface area (Å²) in [6, 6.07) is 0. The van der Waals surface area contributed by atoms with Crippen LogP contribution in [-0.2, 0) is 6.42 Å². The molecule has 1 aromatic rings. The summed E-state index contributed by atoms with van der Waals surface area (Å²) in [5.41, 5.74) is 1.24. The molecule has 1 rings (SSSR count). The second kappa shape index (κ2) is 8.74. The summed E-state index contributed by atoms with van der Waals surface area (Å²) < 4.78 is 0. The van der Waals surface area contributed by atoms with Crippen LogP contribution in [0.15, 0.2) is 6.33 Å². The van der Waals surface area contributed by atoms with Crippen molar-refractivity contribution in [2.75, 3.05) is 51.0 Å². The predicted octanol–water partition coefficient (Wildman–Crippen LogP) is 2.25. The minimum atomic E-state index is 0.961. The summed E-state index contributed by atoms with van der Waals surface area (Å²) >= 11 is 0. The van der Waals surface area contributed by atoms with E-state index >= 15 is 0 Å². The molecule has 1 aromatic heterocycles. The maximum Gasteiger partial charge on any atom is 0.137 e. The number of nitrogens with one attached hydrogen (secondary N) is 1. The van der Waals surface area contributed by atoms with Gasteiger partial charge in [0.15, 0.2) is 0 Å². The van der Waals surface area contributed by atoms with Gasteiger partial charge in [-0.15, -0.1) is 0 Å². The van der Waals surface area contributed by atoms with Gasteiger partial charge in [-0.05, 0) is 26.9 Å². The standard InChI is InChI=1S/C15H29N5/c1-6-8-13-14(16-3)17-12-18-15(13)20(9-7-2)11-10-19(4)5/h12H,6-11H2,1-5H3,(H,16,17,18). The first-order chi connectivity index (χ1) is 9.63. The van der Waals surface area contributed by atoms with Crippen LogP contribution in [0.1, 0.15) is 32.3 Å². The van der Waals surface area contributed by atoms with Crippen LogP contribution in [0.25, 0.3) is 0 Å². The predicted molar refractivity (Wildman–Crippen MR) is 86.6 cm³/mol. The van der Waals surface area contributed by atoms with Crippen LogP contribution in [0, 0.1) is 0 Å². The van der Waals surface area contributed by atoms with E-state index in [0.29, 0.717) is 0 Å². The molecule has 0 radical (unpaired) electrons. The van der Waals surface area contributed by atoms with Gasteiger partial charge < -0.3 is 15.1 Å². The number of anilines is 2. The third-order valence-corrected chi connectivity index (χ3v) is 3.27. The second-order valence-electron chi connectivity index (χ2n) is 5.31. The van der Waals surface area contributed by atoms with Gasteiger partial charge in [-0.3, -0.25) is 0 Å². The molecule has 0 aliphatic carbocycles. The normalized spacial score (nSPS) is 10.9. The molecule has 0 spiro atoms. The Morgan fingerprint density at radius 3 is 2.35 bits per heavy atom. The van der Waals surface area contributed by atoms with Gasteiger partial charge in [0.25, 0.3) is 0 Å². The maximum absolute atomic E-state index is 4.56. The fraction of sp³-hybridized carbons (Fsp3) is 0.733. The molecule has 1 heterocycles. The molecule has 0 amide bonds. The Bertz CT molecular complexity index is 392. The average Bonchev–Trinajstić information content (AvgIpc) is 2.44. The largest absolute Gasteiger partial charge is 0.373 e. The van der Waals surface area contributed by atoms with Gasteiger partial charge in [0.1, 0.15) is 18.0 Å². The van der Waals surface area contributed by atoms with E-state index in [2.05, 4.69) is 53.0 Å². The Labute approximate surface area is 123 Å². The number of hydrogen-bond acceptors (Lipinski definition) is 5. The lowest BCUT2D eigenvalue weighted by molar-refractivity contribution is 0.412. The van der Waals surface area contributed by atoms with E-state index in [1.54, 1.807) is 6.33 Å². The Morgan fingerprint density at radius 1 is 1.05 bits per heavy atom. The fourth-order valence-electron chi connectivity index (χ4n) is 2.29. The molecule has 0 bridgehead atoms. The highest BCUT2D eigenvalue weighted by molar-refractivity contribution is 5.58. The van der Waals surface area contributed by atoms with Crippen LogP contribution < -0.4 is 10.2 Å². The minimum absolute atomic E-state index is 0.961. The van der Waals surface area contributed by atoms with Crippen LogP contribution >= 0.6 is 0 Å². The molecular weight excluding hydrogens is 250 g/mol. The summed E-state index contributed by atoms with van der Waals surface area (Å²) in [6.45, 7) is 7.47. The molecule has 0 unspecified atom stereocenters. The molecule has 0 saturated carbocycles. The van der Waals surface area contributed by atoms with Gasteiger partial charge >= 0.3 is 0 Å². The molecule has 20 heavy (non-hydrogen) atoms. The molecule has 0 aliphatic rings. The summed E-state index contributed by atoms with van der Waals surface area (Å²) in [5.74, 6) is 2.05. The molecule has 5 nitrogen and oxygen atoms in total. The maximum atomic E-state index is 4.56. The number of hydrogen-bond donors (Lipinski definition) is 1. The monoisotopic (exact) mass is 279 g/mol. The highest BCUT2D eigenvalue weighted by Crippen LogP contribution is 2.24. The first-order valence-electron chi connectivity index (χ1n) is 7.55. The highest BCUT2D eigenvalue weighted by Gasteiger charge is 2.15. The lowest BCUT2D eigenvalue weighted by Gasteiger charge is -2.27. The topological polar surface area (TPSA) is 44.3 Å². The van der Waals surface area contributed by atoms with E-state index < -0.39 is 0 Å². The van der Waals surface area contributed by atoms with Crippen molar-refractivity contribution < 1.29 is 0 Å². The van der Waals surface area contributed by atoms with Gasteiger partial charge in [-0.25, -0.2) is 9.97 Å². The van der Waals surface area contributed by atoms with Crippen molar-refractivity contribution in [2.24, 2.45) is 0 Å². The number of rotatable bonds is 9. The van der Waals surface area contributed by atoms with Crippen LogP contribution in [0.3, 0.4) is 0 Å². The van der Waals surface area contributed by atoms with Crippen molar-refractivity contribution in [3.8, 4) is 0 Å². The zero-order valence-corrected chi connectivity index (χ0v) is 13.6. The molecule has 0 fully saturated rings. The van der Waals surface area contributed by atoms with E-state index in [4.69, 9.17) is 0 Å². The Balaban J connectivity index is 3.03. The number of aromatic nitrogens is 2. The van der Waals surface area contributed by atoms with Gasteiger partial charge in [0.2, 0.25) is 0 Å². The Kier molecular flexibility index (Phi) is 7.30. The van der Waals surface area contributed by atoms with E-state index in [1.807, 2.05) is 7.05 Å². The smallest absolute Gasteiger partial charge is 0.137 e. The van der Waals surface area contributed by atoms with Crippen molar-refractivity contribution in [1.82, 2.24) is 14.9 Å². The second-order valence-corrected chi connectivity index (χ2v) is 5.31. The van der Waals surface area contributed by atoms with E-state index in [9.17, 15) is 0 Å². The molecule has 114 valence electrons. The van der Waals surface area contributed by atoms with E-state index in [0.717, 1.165) is 50.5 Å². The molecule has 5 heteroatoms. The zero-order chi connectivity index (χ0) is 15.0. The van der Waals surface area contributed by atoms with Crippen molar-refractivity contribution in [3.05, 3.63) is 11.9 Å². The molecule has 1 N–H and O–H groups in total. The van der Waals surface area contributed by atoms with Crippen molar-refractivity contribution in [1.29, 1.82) is 0 Å². The van der Waals surface area contributed by atoms with Gasteiger partial charge in [-0.2, -0.15) is 0 Å². The molecule has 0 saturated heterocycles. The SMILES string of the molecule is CCCc1c(NC)ncnc1N(CCC)CCN(C)C. The molecule has 0 atom stereocenters. The molecular formula is C15H29N5. The van der Waals surface area contributed by atoms with Gasteiger partial charge in [0.05, 0.1) is 0 Å².